The third kappa shape index (κ3) is 4.89. The van der Waals surface area contributed by atoms with Crippen molar-refractivity contribution >= 4 is 17.7 Å². The smallest absolute Gasteiger partial charge is 0.328 e. The summed E-state index contributed by atoms with van der Waals surface area (Å²) in [4.78, 5) is 38.1. The Labute approximate surface area is 148 Å². The van der Waals surface area contributed by atoms with Crippen molar-refractivity contribution < 1.29 is 33.3 Å². The summed E-state index contributed by atoms with van der Waals surface area (Å²) in [5.74, 6) is -1.75. The molecule has 0 unspecified atom stereocenters. The summed E-state index contributed by atoms with van der Waals surface area (Å²) in [6.45, 7) is 3.49. The van der Waals surface area contributed by atoms with Crippen molar-refractivity contribution in [1.82, 2.24) is 0 Å². The summed E-state index contributed by atoms with van der Waals surface area (Å²) >= 11 is 0. The lowest BCUT2D eigenvalue weighted by Gasteiger charge is -2.33. The Morgan fingerprint density at radius 1 is 1.12 bits per heavy atom. The predicted octanol–water partition coefficient (Wildman–Crippen LogP) is 2.18. The molecule has 0 saturated carbocycles. The molecule has 1 aliphatic carbocycles. The molecule has 7 heteroatoms. The zero-order valence-corrected chi connectivity index (χ0v) is 15.5. The van der Waals surface area contributed by atoms with Crippen molar-refractivity contribution in [3.63, 3.8) is 0 Å². The van der Waals surface area contributed by atoms with Crippen LogP contribution < -0.4 is 0 Å². The summed E-state index contributed by atoms with van der Waals surface area (Å²) in [5, 5.41) is 0. The second-order valence-electron chi connectivity index (χ2n) is 5.72. The van der Waals surface area contributed by atoms with Crippen molar-refractivity contribution in [2.24, 2.45) is 5.41 Å². The second kappa shape index (κ2) is 10.3. The number of rotatable bonds is 10. The van der Waals surface area contributed by atoms with E-state index in [1.807, 2.05) is 0 Å². The van der Waals surface area contributed by atoms with Gasteiger partial charge in [0, 0.05) is 32.6 Å². The van der Waals surface area contributed by atoms with Gasteiger partial charge in [-0.1, -0.05) is 6.08 Å². The standard InChI is InChI=1S/C18H28O7/c1-5-24-16(20)18(17(21)25-6-2,12-11-15(22-3)23-4)13-9-7-8-10-14(13)19/h9,15H,5-8,10-12H2,1-4H3. The SMILES string of the molecule is CCOC(=O)C(CCC(OC)OC)(C(=O)OCC)C1=CCCCC1=O. The highest BCUT2D eigenvalue weighted by Gasteiger charge is 2.54. The first kappa shape index (κ1) is 21.3. The van der Waals surface area contributed by atoms with Crippen molar-refractivity contribution in [2.45, 2.75) is 52.2 Å². The van der Waals surface area contributed by atoms with Gasteiger partial charge in [0.25, 0.3) is 0 Å². The molecule has 7 nitrogen and oxygen atoms in total. The third-order valence-electron chi connectivity index (χ3n) is 4.25. The number of ketones is 1. The molecule has 142 valence electrons. The van der Waals surface area contributed by atoms with Crippen LogP contribution in [0.4, 0.5) is 0 Å². The van der Waals surface area contributed by atoms with Crippen LogP contribution in [0.15, 0.2) is 11.6 Å². The maximum absolute atomic E-state index is 12.8. The zero-order chi connectivity index (χ0) is 18.9. The molecule has 0 aromatic heterocycles. The van der Waals surface area contributed by atoms with Crippen molar-refractivity contribution in [1.29, 1.82) is 0 Å². The minimum absolute atomic E-state index is 0.00852. The van der Waals surface area contributed by atoms with Gasteiger partial charge in [0.2, 0.25) is 0 Å². The van der Waals surface area contributed by atoms with Gasteiger partial charge in [-0.2, -0.15) is 0 Å². The molecule has 0 fully saturated rings. The van der Waals surface area contributed by atoms with Gasteiger partial charge in [0.1, 0.15) is 0 Å². The fraction of sp³-hybridized carbons (Fsp3) is 0.722. The molecule has 25 heavy (non-hydrogen) atoms. The summed E-state index contributed by atoms with van der Waals surface area (Å²) in [6.07, 6.45) is 2.91. The van der Waals surface area contributed by atoms with Gasteiger partial charge < -0.3 is 18.9 Å². The molecule has 0 bridgehead atoms. The number of ether oxygens (including phenoxy) is 4. The Hall–Kier alpha value is -1.73. The van der Waals surface area contributed by atoms with Crippen LogP contribution in [0.25, 0.3) is 0 Å². The molecule has 0 saturated heterocycles. The van der Waals surface area contributed by atoms with Crippen LogP contribution in [0.1, 0.15) is 46.0 Å². The van der Waals surface area contributed by atoms with E-state index in [0.29, 0.717) is 19.3 Å². The van der Waals surface area contributed by atoms with Crippen LogP contribution in [-0.4, -0.2) is 51.4 Å². The second-order valence-corrected chi connectivity index (χ2v) is 5.72. The highest BCUT2D eigenvalue weighted by molar-refractivity contribution is 6.13. The van der Waals surface area contributed by atoms with Crippen LogP contribution in [0.3, 0.4) is 0 Å². The van der Waals surface area contributed by atoms with E-state index in [1.165, 1.54) is 14.2 Å². The van der Waals surface area contributed by atoms with Crippen molar-refractivity contribution in [3.8, 4) is 0 Å². The summed E-state index contributed by atoms with van der Waals surface area (Å²) in [5.41, 5.74) is -1.61. The van der Waals surface area contributed by atoms with Gasteiger partial charge in [0.15, 0.2) is 17.5 Å². The van der Waals surface area contributed by atoms with Gasteiger partial charge in [-0.05, 0) is 33.1 Å². The number of esters is 2. The fourth-order valence-corrected chi connectivity index (χ4v) is 2.99. The molecule has 0 heterocycles. The van der Waals surface area contributed by atoms with Gasteiger partial charge in [0.05, 0.1) is 13.2 Å². The summed E-state index contributed by atoms with van der Waals surface area (Å²) < 4.78 is 20.6. The summed E-state index contributed by atoms with van der Waals surface area (Å²) in [6, 6.07) is 0. The molecule has 0 atom stereocenters. The average molecular weight is 356 g/mol. The highest BCUT2D eigenvalue weighted by Crippen LogP contribution is 2.40. The number of hydrogen-bond donors (Lipinski definition) is 0. The maximum atomic E-state index is 12.8. The lowest BCUT2D eigenvalue weighted by molar-refractivity contribution is -0.172. The first-order chi connectivity index (χ1) is 12.0. The number of methoxy groups -OCH3 is 2. The van der Waals surface area contributed by atoms with E-state index >= 15 is 0 Å². The molecule has 0 aliphatic heterocycles. The van der Waals surface area contributed by atoms with E-state index in [2.05, 4.69) is 0 Å². The predicted molar refractivity (Wildman–Crippen MR) is 89.7 cm³/mol. The van der Waals surface area contributed by atoms with Crippen LogP contribution in [0.5, 0.6) is 0 Å². The number of carbonyl (C=O) groups excluding carboxylic acids is 3. The number of hydrogen-bond acceptors (Lipinski definition) is 7. The van der Waals surface area contributed by atoms with Crippen LogP contribution in [-0.2, 0) is 33.3 Å². The average Bonchev–Trinajstić information content (AvgIpc) is 2.60. The molecule has 0 amide bonds. The normalized spacial score (nSPS) is 15.1. The lowest BCUT2D eigenvalue weighted by Crippen LogP contribution is -2.47. The Kier molecular flexibility index (Phi) is 8.78. The minimum atomic E-state index is -1.78. The topological polar surface area (TPSA) is 88.1 Å². The molecule has 0 radical (unpaired) electrons. The molecule has 0 aromatic rings. The molecule has 1 aliphatic rings. The van der Waals surface area contributed by atoms with E-state index in [-0.39, 0.29) is 37.4 Å². The maximum Gasteiger partial charge on any atom is 0.328 e. The molecular weight excluding hydrogens is 328 g/mol. The third-order valence-corrected chi connectivity index (χ3v) is 4.25. The van der Waals surface area contributed by atoms with E-state index in [1.54, 1.807) is 19.9 Å². The first-order valence-corrected chi connectivity index (χ1v) is 8.61. The lowest BCUT2D eigenvalue weighted by atomic mass is 9.71. The molecule has 1 rings (SSSR count). The quantitative estimate of drug-likeness (QED) is 0.337. The minimum Gasteiger partial charge on any atom is -0.465 e. The van der Waals surface area contributed by atoms with E-state index in [4.69, 9.17) is 18.9 Å². The number of carbonyl (C=O) groups is 3. The first-order valence-electron chi connectivity index (χ1n) is 8.61. The van der Waals surface area contributed by atoms with Crippen LogP contribution >= 0.6 is 0 Å². The van der Waals surface area contributed by atoms with Crippen molar-refractivity contribution in [3.05, 3.63) is 11.6 Å². The Morgan fingerprint density at radius 2 is 1.68 bits per heavy atom. The zero-order valence-electron chi connectivity index (χ0n) is 15.5. The van der Waals surface area contributed by atoms with Gasteiger partial charge in [-0.15, -0.1) is 0 Å². The monoisotopic (exact) mass is 356 g/mol. The van der Waals surface area contributed by atoms with Gasteiger partial charge in [-0.25, -0.2) is 0 Å². The summed E-state index contributed by atoms with van der Waals surface area (Å²) in [7, 11) is 2.94. The van der Waals surface area contributed by atoms with Gasteiger partial charge in [-0.3, -0.25) is 14.4 Å². The van der Waals surface area contributed by atoms with Gasteiger partial charge >= 0.3 is 11.9 Å². The Balaban J connectivity index is 3.35. The van der Waals surface area contributed by atoms with Crippen LogP contribution in [0, 0.1) is 5.41 Å². The van der Waals surface area contributed by atoms with Crippen LogP contribution in [0.2, 0.25) is 0 Å². The molecular formula is C18H28O7. The molecule has 0 spiro atoms. The van der Waals surface area contributed by atoms with E-state index in [9.17, 15) is 14.4 Å². The fourth-order valence-electron chi connectivity index (χ4n) is 2.99. The Morgan fingerprint density at radius 3 is 2.12 bits per heavy atom. The van der Waals surface area contributed by atoms with E-state index < -0.39 is 23.6 Å². The number of Topliss-reactive ketones (excluding diaryl/α,β-unsaturated/α-hetero) is 1. The Bertz CT molecular complexity index is 488. The molecule has 0 aromatic carbocycles. The number of allylic oxidation sites excluding steroid dienone is 1. The van der Waals surface area contributed by atoms with E-state index in [0.717, 1.165) is 0 Å². The molecule has 0 N–H and O–H groups in total. The highest BCUT2D eigenvalue weighted by atomic mass is 16.7. The largest absolute Gasteiger partial charge is 0.465 e. The van der Waals surface area contributed by atoms with Crippen molar-refractivity contribution in [2.75, 3.05) is 27.4 Å².